The largest absolute Gasteiger partial charge is 0.442 e. The lowest BCUT2D eigenvalue weighted by Crippen LogP contribution is -2.34. The first-order valence-electron chi connectivity index (χ1n) is 8.72. The molecule has 7 nitrogen and oxygen atoms in total. The molecule has 2 heterocycles. The van der Waals surface area contributed by atoms with Crippen molar-refractivity contribution in [1.82, 2.24) is 5.32 Å². The number of aryl methyl sites for hydroxylation is 1. The molecule has 0 bridgehead atoms. The van der Waals surface area contributed by atoms with Gasteiger partial charge in [-0.1, -0.05) is 0 Å². The van der Waals surface area contributed by atoms with Gasteiger partial charge in [-0.15, -0.1) is 11.3 Å². The third-order valence-electron chi connectivity index (χ3n) is 4.14. The zero-order valence-electron chi connectivity index (χ0n) is 15.4. The van der Waals surface area contributed by atoms with Crippen LogP contribution in [-0.4, -0.2) is 51.5 Å². The van der Waals surface area contributed by atoms with E-state index in [4.69, 9.17) is 9.47 Å². The summed E-state index contributed by atoms with van der Waals surface area (Å²) in [6, 6.07) is 11.3. The van der Waals surface area contributed by atoms with Crippen molar-refractivity contribution in [1.29, 1.82) is 0 Å². The van der Waals surface area contributed by atoms with Crippen LogP contribution in [0.25, 0.3) is 0 Å². The number of rotatable bonds is 8. The summed E-state index contributed by atoms with van der Waals surface area (Å²) in [5.74, 6) is -0.144. The van der Waals surface area contributed by atoms with Gasteiger partial charge in [-0.25, -0.2) is 4.79 Å². The zero-order chi connectivity index (χ0) is 19.2. The molecular weight excluding hydrogens is 366 g/mol. The van der Waals surface area contributed by atoms with Crippen molar-refractivity contribution in [2.24, 2.45) is 0 Å². The van der Waals surface area contributed by atoms with E-state index in [1.54, 1.807) is 18.1 Å². The Morgan fingerprint density at radius 1 is 1.30 bits per heavy atom. The molecule has 2 aromatic rings. The van der Waals surface area contributed by atoms with Crippen molar-refractivity contribution in [3.05, 3.63) is 46.2 Å². The van der Waals surface area contributed by atoms with E-state index in [0.717, 1.165) is 16.3 Å². The van der Waals surface area contributed by atoms with Crippen molar-refractivity contribution in [2.45, 2.75) is 13.0 Å². The molecule has 144 valence electrons. The first-order valence-corrected chi connectivity index (χ1v) is 9.54. The minimum absolute atomic E-state index is 0.144. The number of anilines is 2. The molecule has 1 aliphatic heterocycles. The number of hydrogen-bond acceptors (Lipinski definition) is 6. The number of amides is 2. The maximum atomic E-state index is 12.2. The molecule has 0 saturated carbocycles. The minimum Gasteiger partial charge on any atom is -0.442 e. The summed E-state index contributed by atoms with van der Waals surface area (Å²) in [6.07, 6.45) is -0.775. The molecule has 1 unspecified atom stereocenters. The van der Waals surface area contributed by atoms with Gasteiger partial charge in [0.15, 0.2) is 0 Å². The number of thiophene rings is 1. The van der Waals surface area contributed by atoms with Crippen LogP contribution in [-0.2, 0) is 9.47 Å². The predicted molar refractivity (Wildman–Crippen MR) is 106 cm³/mol. The smallest absolute Gasteiger partial charge is 0.414 e. The summed E-state index contributed by atoms with van der Waals surface area (Å²) in [4.78, 5) is 27.6. The fourth-order valence-electron chi connectivity index (χ4n) is 2.75. The molecule has 0 aliphatic carbocycles. The normalized spacial score (nSPS) is 16.3. The summed E-state index contributed by atoms with van der Waals surface area (Å²) in [6.45, 7) is 3.98. The summed E-state index contributed by atoms with van der Waals surface area (Å²) < 4.78 is 10.4. The van der Waals surface area contributed by atoms with Crippen LogP contribution < -0.4 is 15.5 Å². The Hall–Kier alpha value is -2.58. The molecule has 1 atom stereocenters. The Kier molecular flexibility index (Phi) is 6.31. The van der Waals surface area contributed by atoms with E-state index >= 15 is 0 Å². The minimum atomic E-state index is -0.402. The van der Waals surface area contributed by atoms with Gasteiger partial charge in [0.2, 0.25) is 0 Å². The number of hydrogen-bond donors (Lipinski definition) is 2. The molecule has 1 aliphatic rings. The second-order valence-electron chi connectivity index (χ2n) is 6.20. The number of carbonyl (C=O) groups is 2. The Morgan fingerprint density at radius 2 is 2.07 bits per heavy atom. The highest BCUT2D eigenvalue weighted by Gasteiger charge is 2.32. The quantitative estimate of drug-likeness (QED) is 0.679. The van der Waals surface area contributed by atoms with Gasteiger partial charge in [0.05, 0.1) is 24.6 Å². The van der Waals surface area contributed by atoms with Crippen molar-refractivity contribution in [2.75, 3.05) is 43.6 Å². The van der Waals surface area contributed by atoms with Crippen LogP contribution in [0.4, 0.5) is 16.2 Å². The fourth-order valence-corrected chi connectivity index (χ4v) is 3.53. The van der Waals surface area contributed by atoms with Crippen molar-refractivity contribution in [3.8, 4) is 0 Å². The summed E-state index contributed by atoms with van der Waals surface area (Å²) in [7, 11) is 1.66. The van der Waals surface area contributed by atoms with E-state index in [2.05, 4.69) is 10.6 Å². The van der Waals surface area contributed by atoms with Gasteiger partial charge < -0.3 is 20.1 Å². The first-order chi connectivity index (χ1) is 13.1. The van der Waals surface area contributed by atoms with E-state index in [0.29, 0.717) is 24.6 Å². The Morgan fingerprint density at radius 3 is 2.74 bits per heavy atom. The van der Waals surface area contributed by atoms with Gasteiger partial charge >= 0.3 is 6.09 Å². The van der Waals surface area contributed by atoms with Gasteiger partial charge in [-0.05, 0) is 43.3 Å². The van der Waals surface area contributed by atoms with E-state index in [9.17, 15) is 9.59 Å². The monoisotopic (exact) mass is 389 g/mol. The number of carbonyl (C=O) groups excluding carboxylic acids is 2. The maximum Gasteiger partial charge on any atom is 0.414 e. The topological polar surface area (TPSA) is 79.9 Å². The van der Waals surface area contributed by atoms with Crippen molar-refractivity contribution in [3.63, 3.8) is 0 Å². The molecule has 0 radical (unpaired) electrons. The first kappa shape index (κ1) is 19.2. The van der Waals surface area contributed by atoms with Crippen molar-refractivity contribution < 1.29 is 19.1 Å². The third-order valence-corrected chi connectivity index (χ3v) is 5.14. The van der Waals surface area contributed by atoms with Crippen LogP contribution in [0, 0.1) is 6.92 Å². The van der Waals surface area contributed by atoms with Gasteiger partial charge in [-0.2, -0.15) is 0 Å². The van der Waals surface area contributed by atoms with Crippen LogP contribution in [0.15, 0.2) is 36.4 Å². The second-order valence-corrected chi connectivity index (χ2v) is 7.49. The predicted octanol–water partition coefficient (Wildman–Crippen LogP) is 2.87. The van der Waals surface area contributed by atoms with Gasteiger partial charge in [-0.3, -0.25) is 9.69 Å². The lowest BCUT2D eigenvalue weighted by molar-refractivity contribution is 0.0920. The molecule has 3 rings (SSSR count). The standard InChI is InChI=1S/C19H23N3O4S/c1-13-3-8-17(27-13)18(23)21-11-16-12-22(19(24)26-16)15-6-4-14(5-7-15)20-9-10-25-2/h3-8,16,20H,9-12H2,1-2H3,(H,21,23). The molecule has 0 spiro atoms. The maximum absolute atomic E-state index is 12.2. The van der Waals surface area contributed by atoms with Crippen LogP contribution >= 0.6 is 11.3 Å². The number of ether oxygens (including phenoxy) is 2. The van der Waals surface area contributed by atoms with Crippen LogP contribution in [0.2, 0.25) is 0 Å². The summed E-state index contributed by atoms with van der Waals surface area (Å²) in [5, 5.41) is 6.06. The average molecular weight is 389 g/mol. The fraction of sp³-hybridized carbons (Fsp3) is 0.368. The Bertz CT molecular complexity index is 791. The number of methoxy groups -OCH3 is 1. The highest BCUT2D eigenvalue weighted by molar-refractivity contribution is 7.13. The molecule has 2 amide bonds. The molecule has 8 heteroatoms. The zero-order valence-corrected chi connectivity index (χ0v) is 16.2. The Balaban J connectivity index is 1.51. The molecule has 1 aromatic carbocycles. The van der Waals surface area contributed by atoms with E-state index < -0.39 is 6.09 Å². The average Bonchev–Trinajstić information content (AvgIpc) is 3.26. The van der Waals surface area contributed by atoms with E-state index in [-0.39, 0.29) is 18.6 Å². The lowest BCUT2D eigenvalue weighted by Gasteiger charge is -2.14. The van der Waals surface area contributed by atoms with Crippen LogP contribution in [0.3, 0.4) is 0 Å². The Labute approximate surface area is 162 Å². The summed E-state index contributed by atoms with van der Waals surface area (Å²) >= 11 is 1.44. The van der Waals surface area contributed by atoms with Gasteiger partial charge in [0.1, 0.15) is 6.10 Å². The molecular formula is C19H23N3O4S. The SMILES string of the molecule is COCCNc1ccc(N2CC(CNC(=O)c3ccc(C)s3)OC2=O)cc1. The van der Waals surface area contributed by atoms with Gasteiger partial charge in [0.25, 0.3) is 5.91 Å². The summed E-state index contributed by atoms with van der Waals surface area (Å²) in [5.41, 5.74) is 1.72. The number of cyclic esters (lactones) is 1. The van der Waals surface area contributed by atoms with Gasteiger partial charge in [0, 0.05) is 29.9 Å². The molecule has 27 heavy (non-hydrogen) atoms. The molecule has 1 saturated heterocycles. The van der Waals surface area contributed by atoms with Crippen LogP contribution in [0.1, 0.15) is 14.5 Å². The highest BCUT2D eigenvalue weighted by atomic mass is 32.1. The lowest BCUT2D eigenvalue weighted by atomic mass is 10.2. The van der Waals surface area contributed by atoms with Crippen molar-refractivity contribution >= 4 is 34.7 Å². The second kappa shape index (κ2) is 8.88. The number of benzene rings is 1. The third kappa shape index (κ3) is 4.99. The number of nitrogens with zero attached hydrogens (tertiary/aromatic N) is 1. The highest BCUT2D eigenvalue weighted by Crippen LogP contribution is 2.23. The van der Waals surface area contributed by atoms with E-state index in [1.165, 1.54) is 11.3 Å². The number of nitrogens with one attached hydrogen (secondary N) is 2. The van der Waals surface area contributed by atoms with Crippen LogP contribution in [0.5, 0.6) is 0 Å². The molecule has 1 aromatic heterocycles. The van der Waals surface area contributed by atoms with E-state index in [1.807, 2.05) is 37.3 Å². The molecule has 1 fully saturated rings. The molecule has 2 N–H and O–H groups in total.